The summed E-state index contributed by atoms with van der Waals surface area (Å²) in [4.78, 5) is 16.5. The van der Waals surface area contributed by atoms with Crippen molar-refractivity contribution in [1.82, 2.24) is 20.0 Å². The molecule has 16 heavy (non-hydrogen) atoms. The molecule has 5 nitrogen and oxygen atoms in total. The maximum Gasteiger partial charge on any atom is 0.297 e. The van der Waals surface area contributed by atoms with E-state index in [-0.39, 0.29) is 5.56 Å². The Bertz CT molecular complexity index is 519. The summed E-state index contributed by atoms with van der Waals surface area (Å²) in [7, 11) is 0. The van der Waals surface area contributed by atoms with E-state index in [0.29, 0.717) is 16.9 Å². The third-order valence-electron chi connectivity index (χ3n) is 2.45. The Morgan fingerprint density at radius 2 is 2.25 bits per heavy atom. The number of aromatic nitrogens is 4. The fourth-order valence-corrected chi connectivity index (χ4v) is 2.14. The Morgan fingerprint density at radius 1 is 1.38 bits per heavy atom. The maximum absolute atomic E-state index is 11.9. The van der Waals surface area contributed by atoms with E-state index < -0.39 is 0 Å². The monoisotopic (exact) mass is 238 g/mol. The van der Waals surface area contributed by atoms with Crippen molar-refractivity contribution in [3.8, 4) is 0 Å². The highest BCUT2D eigenvalue weighted by molar-refractivity contribution is 7.16. The zero-order valence-corrected chi connectivity index (χ0v) is 10.0. The highest BCUT2D eigenvalue weighted by atomic mass is 32.1. The zero-order valence-electron chi connectivity index (χ0n) is 9.22. The lowest BCUT2D eigenvalue weighted by Crippen LogP contribution is -2.24. The molecule has 86 valence electrons. The molecule has 0 spiro atoms. The van der Waals surface area contributed by atoms with Crippen molar-refractivity contribution in [2.75, 3.05) is 0 Å². The minimum atomic E-state index is -0.122. The van der Waals surface area contributed by atoms with E-state index in [1.54, 1.807) is 5.51 Å². The van der Waals surface area contributed by atoms with E-state index >= 15 is 0 Å². The molecule has 0 aliphatic carbocycles. The van der Waals surface area contributed by atoms with Gasteiger partial charge in [-0.2, -0.15) is 0 Å². The number of unbranched alkanes of at least 4 members (excludes halogenated alkanes) is 3. The van der Waals surface area contributed by atoms with Crippen molar-refractivity contribution in [2.45, 2.75) is 39.2 Å². The largest absolute Gasteiger partial charge is 0.297 e. The van der Waals surface area contributed by atoms with Gasteiger partial charge in [0, 0.05) is 6.54 Å². The molecule has 0 fully saturated rings. The summed E-state index contributed by atoms with van der Waals surface area (Å²) >= 11 is 1.34. The summed E-state index contributed by atoms with van der Waals surface area (Å²) < 4.78 is 1.41. The number of rotatable bonds is 5. The van der Waals surface area contributed by atoms with Crippen LogP contribution in [0, 0.1) is 0 Å². The van der Waals surface area contributed by atoms with Crippen molar-refractivity contribution in [2.24, 2.45) is 0 Å². The van der Waals surface area contributed by atoms with Crippen molar-refractivity contribution < 1.29 is 0 Å². The van der Waals surface area contributed by atoms with E-state index in [4.69, 9.17) is 0 Å². The van der Waals surface area contributed by atoms with Gasteiger partial charge in [0.15, 0.2) is 10.3 Å². The number of thiazole rings is 1. The van der Waals surface area contributed by atoms with Gasteiger partial charge >= 0.3 is 0 Å². The Kier molecular flexibility index (Phi) is 3.61. The summed E-state index contributed by atoms with van der Waals surface area (Å²) in [5.74, 6) is 0. The van der Waals surface area contributed by atoms with Gasteiger partial charge in [0.1, 0.15) is 0 Å². The van der Waals surface area contributed by atoms with E-state index in [0.717, 1.165) is 12.8 Å². The molecule has 0 unspecified atom stereocenters. The average Bonchev–Trinajstić information content (AvgIpc) is 2.76. The van der Waals surface area contributed by atoms with Gasteiger partial charge in [-0.25, -0.2) is 9.67 Å². The van der Waals surface area contributed by atoms with Crippen LogP contribution < -0.4 is 5.56 Å². The Balaban J connectivity index is 2.12. The summed E-state index contributed by atoms with van der Waals surface area (Å²) in [6.45, 7) is 2.80. The molecule has 0 aliphatic rings. The maximum atomic E-state index is 11.9. The zero-order chi connectivity index (χ0) is 11.4. The van der Waals surface area contributed by atoms with Gasteiger partial charge in [-0.3, -0.25) is 4.79 Å². The first-order valence-electron chi connectivity index (χ1n) is 5.50. The molecule has 0 radical (unpaired) electrons. The molecule has 0 saturated carbocycles. The number of hydrogen-bond acceptors (Lipinski definition) is 5. The molecule has 0 amide bonds. The average molecular weight is 238 g/mol. The van der Waals surface area contributed by atoms with Crippen LogP contribution in [0.3, 0.4) is 0 Å². The third kappa shape index (κ3) is 2.27. The number of hydrogen-bond donors (Lipinski definition) is 0. The molecule has 0 atom stereocenters. The van der Waals surface area contributed by atoms with Gasteiger partial charge in [-0.05, 0) is 6.42 Å². The first kappa shape index (κ1) is 11.2. The van der Waals surface area contributed by atoms with Crippen molar-refractivity contribution in [1.29, 1.82) is 0 Å². The molecule has 2 aromatic rings. The second-order valence-electron chi connectivity index (χ2n) is 3.68. The Hall–Kier alpha value is -1.30. The van der Waals surface area contributed by atoms with Crippen LogP contribution in [0.15, 0.2) is 10.3 Å². The van der Waals surface area contributed by atoms with Crippen molar-refractivity contribution in [3.05, 3.63) is 15.9 Å². The minimum Gasteiger partial charge on any atom is -0.265 e. The molecule has 2 heterocycles. The molecule has 0 bridgehead atoms. The van der Waals surface area contributed by atoms with E-state index in [2.05, 4.69) is 22.2 Å². The van der Waals surface area contributed by atoms with Crippen molar-refractivity contribution >= 4 is 21.7 Å². The highest BCUT2D eigenvalue weighted by Crippen LogP contribution is 2.08. The van der Waals surface area contributed by atoms with E-state index in [1.165, 1.54) is 28.9 Å². The SMILES string of the molecule is CCCCCCn1nnc2scnc2c1=O. The van der Waals surface area contributed by atoms with Crippen molar-refractivity contribution in [3.63, 3.8) is 0 Å². The summed E-state index contributed by atoms with van der Waals surface area (Å²) in [5.41, 5.74) is 1.94. The first-order chi connectivity index (χ1) is 7.83. The predicted molar refractivity (Wildman–Crippen MR) is 63.6 cm³/mol. The summed E-state index contributed by atoms with van der Waals surface area (Å²) in [5, 5.41) is 7.87. The second-order valence-corrected chi connectivity index (χ2v) is 4.52. The third-order valence-corrected chi connectivity index (χ3v) is 3.16. The Labute approximate surface area is 97.1 Å². The number of aryl methyl sites for hydroxylation is 1. The number of fused-ring (bicyclic) bond motifs is 1. The molecule has 6 heteroatoms. The van der Waals surface area contributed by atoms with Gasteiger partial charge in [-0.1, -0.05) is 31.4 Å². The predicted octanol–water partition coefficient (Wildman–Crippen LogP) is 1.83. The lowest BCUT2D eigenvalue weighted by atomic mass is 10.2. The molecule has 0 N–H and O–H groups in total. The lowest BCUT2D eigenvalue weighted by molar-refractivity contribution is 0.501. The van der Waals surface area contributed by atoms with Crippen LogP contribution in [0.2, 0.25) is 0 Å². The van der Waals surface area contributed by atoms with Gasteiger partial charge < -0.3 is 0 Å². The minimum absolute atomic E-state index is 0.122. The second kappa shape index (κ2) is 5.16. The van der Waals surface area contributed by atoms with Gasteiger partial charge in [0.25, 0.3) is 5.56 Å². The van der Waals surface area contributed by atoms with Crippen LogP contribution >= 0.6 is 11.3 Å². The van der Waals surface area contributed by atoms with Gasteiger partial charge in [-0.15, -0.1) is 16.4 Å². The van der Waals surface area contributed by atoms with Gasteiger partial charge in [0.2, 0.25) is 0 Å². The smallest absolute Gasteiger partial charge is 0.265 e. The van der Waals surface area contributed by atoms with Crippen LogP contribution in [0.1, 0.15) is 32.6 Å². The fourth-order valence-electron chi connectivity index (χ4n) is 1.55. The van der Waals surface area contributed by atoms with Gasteiger partial charge in [0.05, 0.1) is 5.51 Å². The summed E-state index contributed by atoms with van der Waals surface area (Å²) in [6.07, 6.45) is 4.48. The van der Waals surface area contributed by atoms with E-state index in [1.807, 2.05) is 0 Å². The molecule has 2 aromatic heterocycles. The topological polar surface area (TPSA) is 60.7 Å². The lowest BCUT2D eigenvalue weighted by Gasteiger charge is -2.01. The fraction of sp³-hybridized carbons (Fsp3) is 0.600. The molecule has 0 saturated heterocycles. The molecular formula is C10H14N4OS. The standard InChI is InChI=1S/C10H14N4OS/c1-2-3-4-5-6-14-10(15)8-9(12-13-14)16-7-11-8/h7H,2-6H2,1H3. The Morgan fingerprint density at radius 3 is 3.06 bits per heavy atom. The van der Waals surface area contributed by atoms with Crippen LogP contribution in [0.5, 0.6) is 0 Å². The normalized spacial score (nSPS) is 11.1. The molecular weight excluding hydrogens is 224 g/mol. The molecule has 0 aromatic carbocycles. The first-order valence-corrected chi connectivity index (χ1v) is 6.38. The molecule has 2 rings (SSSR count). The van der Waals surface area contributed by atoms with Crippen LogP contribution in [-0.4, -0.2) is 20.0 Å². The number of nitrogens with zero attached hydrogens (tertiary/aromatic N) is 4. The quantitative estimate of drug-likeness (QED) is 0.745. The van der Waals surface area contributed by atoms with Crippen LogP contribution in [-0.2, 0) is 6.54 Å². The van der Waals surface area contributed by atoms with Crippen LogP contribution in [0.4, 0.5) is 0 Å². The van der Waals surface area contributed by atoms with E-state index in [9.17, 15) is 4.79 Å². The summed E-state index contributed by atoms with van der Waals surface area (Å²) in [6, 6.07) is 0. The van der Waals surface area contributed by atoms with Crippen LogP contribution in [0.25, 0.3) is 10.3 Å². The highest BCUT2D eigenvalue weighted by Gasteiger charge is 2.07. The molecule has 0 aliphatic heterocycles.